The Kier molecular flexibility index (Phi) is 4.39. The highest BCUT2D eigenvalue weighted by atomic mass is 79.9. The molecule has 0 radical (unpaired) electrons. The predicted molar refractivity (Wildman–Crippen MR) is 71.8 cm³/mol. The van der Waals surface area contributed by atoms with Crippen molar-refractivity contribution in [3.8, 4) is 0 Å². The topological polar surface area (TPSA) is 0 Å². The number of hydrogen-bond acceptors (Lipinski definition) is 0. The fourth-order valence-electron chi connectivity index (χ4n) is 1.93. The zero-order valence-electron chi connectivity index (χ0n) is 10.2. The van der Waals surface area contributed by atoms with Gasteiger partial charge in [-0.15, -0.1) is 0 Å². The number of hydrogen-bond donors (Lipinski definition) is 0. The lowest BCUT2D eigenvalue weighted by molar-refractivity contribution is 0.361. The molecule has 0 amide bonds. The van der Waals surface area contributed by atoms with Gasteiger partial charge in [0, 0.05) is 5.33 Å². The van der Waals surface area contributed by atoms with Crippen molar-refractivity contribution in [3.63, 3.8) is 0 Å². The lowest BCUT2D eigenvalue weighted by Gasteiger charge is -2.26. The maximum Gasteiger partial charge on any atom is 0.00884 e. The molecule has 0 saturated heterocycles. The van der Waals surface area contributed by atoms with Crippen molar-refractivity contribution in [2.75, 3.05) is 5.33 Å². The van der Waals surface area contributed by atoms with Crippen LogP contribution in [0.4, 0.5) is 0 Å². The van der Waals surface area contributed by atoms with Crippen LogP contribution in [0.2, 0.25) is 0 Å². The molecule has 0 aliphatic carbocycles. The largest absolute Gasteiger partial charge is 0.0922 e. The van der Waals surface area contributed by atoms with Gasteiger partial charge < -0.3 is 0 Å². The van der Waals surface area contributed by atoms with Crippen molar-refractivity contribution in [2.24, 2.45) is 5.41 Å². The molecule has 1 unspecified atom stereocenters. The van der Waals surface area contributed by atoms with Crippen molar-refractivity contribution in [1.82, 2.24) is 0 Å². The Balaban J connectivity index is 2.88. The van der Waals surface area contributed by atoms with Crippen molar-refractivity contribution in [3.05, 3.63) is 34.9 Å². The normalized spacial score (nSPS) is 15.0. The fourth-order valence-corrected chi connectivity index (χ4v) is 2.53. The number of benzene rings is 1. The number of halogens is 1. The van der Waals surface area contributed by atoms with Gasteiger partial charge in [0.15, 0.2) is 0 Å². The van der Waals surface area contributed by atoms with Crippen molar-refractivity contribution in [1.29, 1.82) is 0 Å². The molecule has 15 heavy (non-hydrogen) atoms. The van der Waals surface area contributed by atoms with Crippen LogP contribution in [0.15, 0.2) is 18.2 Å². The highest BCUT2D eigenvalue weighted by molar-refractivity contribution is 9.09. The van der Waals surface area contributed by atoms with E-state index in [4.69, 9.17) is 0 Å². The van der Waals surface area contributed by atoms with Crippen LogP contribution < -0.4 is 0 Å². The summed E-state index contributed by atoms with van der Waals surface area (Å²) in [6.07, 6.45) is 2.38. The van der Waals surface area contributed by atoms with Gasteiger partial charge in [-0.1, -0.05) is 59.1 Å². The highest BCUT2D eigenvalue weighted by Gasteiger charge is 2.20. The molecule has 0 aliphatic rings. The second-order valence-electron chi connectivity index (χ2n) is 4.97. The predicted octanol–water partition coefficient (Wildman–Crippen LogP) is 4.66. The first-order valence-electron chi connectivity index (χ1n) is 5.62. The van der Waals surface area contributed by atoms with E-state index in [1.165, 1.54) is 23.1 Å². The molecular formula is C14H21Br. The molecule has 1 heteroatoms. The summed E-state index contributed by atoms with van der Waals surface area (Å²) < 4.78 is 0. The maximum atomic E-state index is 3.63. The van der Waals surface area contributed by atoms with Gasteiger partial charge >= 0.3 is 0 Å². The molecule has 0 aliphatic heterocycles. The van der Waals surface area contributed by atoms with E-state index < -0.39 is 0 Å². The van der Waals surface area contributed by atoms with Crippen LogP contribution in [0.3, 0.4) is 0 Å². The highest BCUT2D eigenvalue weighted by Crippen LogP contribution is 2.29. The molecule has 0 saturated carbocycles. The zero-order valence-corrected chi connectivity index (χ0v) is 11.8. The lowest BCUT2D eigenvalue weighted by Crippen LogP contribution is -2.20. The molecule has 1 aromatic rings. The number of alkyl halides is 1. The molecule has 0 heterocycles. The Morgan fingerprint density at radius 3 is 2.07 bits per heavy atom. The van der Waals surface area contributed by atoms with Gasteiger partial charge in [0.05, 0.1) is 0 Å². The Morgan fingerprint density at radius 1 is 1.13 bits per heavy atom. The molecule has 0 aromatic heterocycles. The monoisotopic (exact) mass is 268 g/mol. The summed E-state index contributed by atoms with van der Waals surface area (Å²) in [5, 5.41) is 1.07. The van der Waals surface area contributed by atoms with E-state index in [1.54, 1.807) is 0 Å². The average molecular weight is 269 g/mol. The van der Waals surface area contributed by atoms with Gasteiger partial charge in [-0.25, -0.2) is 0 Å². The minimum absolute atomic E-state index is 0.389. The van der Waals surface area contributed by atoms with Gasteiger partial charge in [0.1, 0.15) is 0 Å². The lowest BCUT2D eigenvalue weighted by atomic mass is 9.83. The molecule has 0 bridgehead atoms. The molecule has 0 fully saturated rings. The standard InChI is InChI=1S/C14H21Br/c1-5-14(4,10-15)9-13-7-11(2)6-12(3)8-13/h6-8H,5,9-10H2,1-4H3. The zero-order chi connectivity index (χ0) is 11.5. The van der Waals surface area contributed by atoms with Crippen LogP contribution in [-0.4, -0.2) is 5.33 Å². The SMILES string of the molecule is CCC(C)(CBr)Cc1cc(C)cc(C)c1. The minimum atomic E-state index is 0.389. The van der Waals surface area contributed by atoms with E-state index in [0.717, 1.165) is 11.8 Å². The van der Waals surface area contributed by atoms with Crippen LogP contribution in [-0.2, 0) is 6.42 Å². The van der Waals surface area contributed by atoms with E-state index in [0.29, 0.717) is 5.41 Å². The van der Waals surface area contributed by atoms with Crippen LogP contribution in [0.25, 0.3) is 0 Å². The first-order chi connectivity index (χ1) is 6.99. The third kappa shape index (κ3) is 3.64. The molecule has 1 atom stereocenters. The summed E-state index contributed by atoms with van der Waals surface area (Å²) in [7, 11) is 0. The second kappa shape index (κ2) is 5.16. The first kappa shape index (κ1) is 12.8. The second-order valence-corrected chi connectivity index (χ2v) is 5.53. The van der Waals surface area contributed by atoms with Crippen molar-refractivity contribution >= 4 is 15.9 Å². The summed E-state index contributed by atoms with van der Waals surface area (Å²) in [5.74, 6) is 0. The number of aryl methyl sites for hydroxylation is 2. The Morgan fingerprint density at radius 2 is 1.67 bits per heavy atom. The fraction of sp³-hybridized carbons (Fsp3) is 0.571. The summed E-state index contributed by atoms with van der Waals surface area (Å²) in [6.45, 7) is 8.96. The molecule has 0 N–H and O–H groups in total. The molecule has 1 aromatic carbocycles. The maximum absolute atomic E-state index is 3.63. The average Bonchev–Trinajstić information content (AvgIpc) is 2.16. The van der Waals surface area contributed by atoms with E-state index in [1.807, 2.05) is 0 Å². The molecule has 0 nitrogen and oxygen atoms in total. The van der Waals surface area contributed by atoms with E-state index in [2.05, 4.69) is 61.8 Å². The molecule has 1 rings (SSSR count). The van der Waals surface area contributed by atoms with E-state index >= 15 is 0 Å². The Hall–Kier alpha value is -0.300. The van der Waals surface area contributed by atoms with Gasteiger partial charge in [-0.3, -0.25) is 0 Å². The first-order valence-corrected chi connectivity index (χ1v) is 6.74. The van der Waals surface area contributed by atoms with Crippen LogP contribution >= 0.6 is 15.9 Å². The van der Waals surface area contributed by atoms with E-state index in [9.17, 15) is 0 Å². The van der Waals surface area contributed by atoms with Crippen molar-refractivity contribution in [2.45, 2.75) is 40.5 Å². The van der Waals surface area contributed by atoms with Gasteiger partial charge in [-0.2, -0.15) is 0 Å². The van der Waals surface area contributed by atoms with Gasteiger partial charge in [-0.05, 0) is 37.7 Å². The minimum Gasteiger partial charge on any atom is -0.0922 e. The third-order valence-corrected chi connectivity index (χ3v) is 4.44. The quantitative estimate of drug-likeness (QED) is 0.697. The molecular weight excluding hydrogens is 248 g/mol. The summed E-state index contributed by atoms with van der Waals surface area (Å²) in [6, 6.07) is 6.86. The Labute approximate surface area is 102 Å². The molecule has 0 spiro atoms. The van der Waals surface area contributed by atoms with Gasteiger partial charge in [0.2, 0.25) is 0 Å². The Bertz CT molecular complexity index is 304. The molecule has 84 valence electrons. The third-order valence-electron chi connectivity index (χ3n) is 3.09. The van der Waals surface area contributed by atoms with Crippen LogP contribution in [0.5, 0.6) is 0 Å². The number of rotatable bonds is 4. The van der Waals surface area contributed by atoms with Gasteiger partial charge in [0.25, 0.3) is 0 Å². The van der Waals surface area contributed by atoms with Crippen molar-refractivity contribution < 1.29 is 0 Å². The summed E-state index contributed by atoms with van der Waals surface area (Å²) in [5.41, 5.74) is 4.60. The van der Waals surface area contributed by atoms with Crippen LogP contribution in [0.1, 0.15) is 37.0 Å². The summed E-state index contributed by atoms with van der Waals surface area (Å²) >= 11 is 3.63. The smallest absolute Gasteiger partial charge is 0.00884 e. The summed E-state index contributed by atoms with van der Waals surface area (Å²) in [4.78, 5) is 0. The van der Waals surface area contributed by atoms with E-state index in [-0.39, 0.29) is 0 Å². The van der Waals surface area contributed by atoms with Crippen LogP contribution in [0, 0.1) is 19.3 Å².